The second-order valence-electron chi connectivity index (χ2n) is 3.93. The zero-order valence-corrected chi connectivity index (χ0v) is 12.6. The number of aliphatic carboxylic acids is 1. The van der Waals surface area contributed by atoms with Crippen molar-refractivity contribution in [3.8, 4) is 0 Å². The molecule has 0 aliphatic heterocycles. The Hall–Kier alpha value is -1.36. The van der Waals surface area contributed by atoms with Gasteiger partial charge in [0.2, 0.25) is 0 Å². The van der Waals surface area contributed by atoms with Gasteiger partial charge >= 0.3 is 0 Å². The fraction of sp³-hybridized carbons (Fsp3) is 0.357. The molecule has 0 fully saturated rings. The highest BCUT2D eigenvalue weighted by atomic mass is 35.5. The summed E-state index contributed by atoms with van der Waals surface area (Å²) in [5.41, 5.74) is 1.18. The van der Waals surface area contributed by atoms with Crippen molar-refractivity contribution in [2.75, 3.05) is 20.6 Å². The van der Waals surface area contributed by atoms with Crippen LogP contribution in [0.15, 0.2) is 42.5 Å². The molecule has 1 rings (SSSR count). The maximum Gasteiger partial charge on any atom is 0.0639 e. The number of halogens is 1. The zero-order valence-electron chi connectivity index (χ0n) is 11.8. The summed E-state index contributed by atoms with van der Waals surface area (Å²) in [6.45, 7) is 0.865. The maximum absolute atomic E-state index is 9.83. The number of carbonyl (C=O) groups excluding carboxylic acids is 1. The van der Waals surface area contributed by atoms with Crippen LogP contribution in [0.4, 0.5) is 0 Å². The van der Waals surface area contributed by atoms with Crippen molar-refractivity contribution < 1.29 is 9.90 Å². The number of rotatable bonds is 5. The third-order valence-electron chi connectivity index (χ3n) is 1.99. The van der Waals surface area contributed by atoms with Crippen molar-refractivity contribution >= 4 is 17.6 Å². The van der Waals surface area contributed by atoms with E-state index in [0.717, 1.165) is 19.0 Å². The van der Waals surface area contributed by atoms with Crippen molar-refractivity contribution in [1.29, 1.82) is 0 Å². The van der Waals surface area contributed by atoms with Crippen LogP contribution < -0.4 is 11.3 Å². The monoisotopic (exact) mass is 286 g/mol. The number of alkyl halides is 1. The highest BCUT2D eigenvalue weighted by Crippen LogP contribution is 2.00. The van der Waals surface area contributed by atoms with Crippen LogP contribution in [0.5, 0.6) is 0 Å². The first-order chi connectivity index (χ1) is 8.56. The molecule has 0 heterocycles. The number of hydrogen-bond donors (Lipinski definition) is 1. The molecule has 1 aromatic rings. The molecule has 0 spiro atoms. The van der Waals surface area contributed by atoms with Gasteiger partial charge in [-0.2, -0.15) is 0 Å². The molecule has 0 aromatic heterocycles. The van der Waals surface area contributed by atoms with Gasteiger partial charge in [-0.25, -0.2) is 0 Å². The highest BCUT2D eigenvalue weighted by Gasteiger charge is 1.84. The van der Waals surface area contributed by atoms with Gasteiger partial charge in [0.1, 0.15) is 0 Å². The van der Waals surface area contributed by atoms with Crippen LogP contribution in [0.1, 0.15) is 12.0 Å². The van der Waals surface area contributed by atoms with E-state index in [1.54, 1.807) is 6.08 Å². The lowest BCUT2D eigenvalue weighted by molar-refractivity contribution is -0.297. The lowest BCUT2D eigenvalue weighted by Gasteiger charge is -2.05. The molecule has 108 valence electrons. The molecule has 0 aliphatic rings. The van der Waals surface area contributed by atoms with Gasteiger partial charge in [0, 0.05) is 12.4 Å². The maximum atomic E-state index is 9.83. The fourth-order valence-electron chi connectivity index (χ4n) is 1.08. The molecule has 0 aliphatic carbocycles. The number of carboxylic acid groups (broad SMARTS) is 1. The van der Waals surface area contributed by atoms with E-state index in [9.17, 15) is 9.90 Å². The summed E-state index contributed by atoms with van der Waals surface area (Å²) in [5.74, 6) is -0.514. The minimum Gasteiger partial charge on any atom is -0.545 e. The summed E-state index contributed by atoms with van der Waals surface area (Å²) in [6, 6.07) is 9.96. The van der Waals surface area contributed by atoms with Crippen molar-refractivity contribution in [3.05, 3.63) is 48.0 Å². The summed E-state index contributed by atoms with van der Waals surface area (Å²) in [6.07, 6.45) is 3.40. The van der Waals surface area contributed by atoms with Crippen molar-refractivity contribution in [1.82, 2.24) is 11.1 Å². The normalized spacial score (nSPS) is 9.68. The SMILES string of the molecule is CN(C)CCC=CC(=O)[O-].ClCc1ccccc1.[NH4+]. The second kappa shape index (κ2) is 13.1. The molecule has 0 radical (unpaired) electrons. The molecule has 0 amide bonds. The van der Waals surface area contributed by atoms with Gasteiger partial charge < -0.3 is 21.0 Å². The number of carboxylic acids is 1. The molecule has 0 atom stereocenters. The number of nitrogens with zero attached hydrogens (tertiary/aromatic N) is 1. The van der Waals surface area contributed by atoms with Gasteiger partial charge in [0.15, 0.2) is 0 Å². The van der Waals surface area contributed by atoms with E-state index in [-0.39, 0.29) is 6.15 Å². The number of quaternary nitrogens is 1. The first-order valence-electron chi connectivity index (χ1n) is 5.68. The largest absolute Gasteiger partial charge is 0.545 e. The van der Waals surface area contributed by atoms with Gasteiger partial charge in [-0.05, 0) is 32.2 Å². The molecule has 0 saturated heterocycles. The van der Waals surface area contributed by atoms with Gasteiger partial charge in [-0.3, -0.25) is 0 Å². The van der Waals surface area contributed by atoms with Crippen LogP contribution >= 0.6 is 11.6 Å². The van der Waals surface area contributed by atoms with Gasteiger partial charge in [-0.15, -0.1) is 11.6 Å². The summed E-state index contributed by atoms with van der Waals surface area (Å²) >= 11 is 5.53. The van der Waals surface area contributed by atoms with Crippen LogP contribution in [-0.4, -0.2) is 31.5 Å². The Morgan fingerprint density at radius 1 is 1.32 bits per heavy atom. The quantitative estimate of drug-likeness (QED) is 0.664. The Morgan fingerprint density at radius 3 is 2.26 bits per heavy atom. The van der Waals surface area contributed by atoms with E-state index in [0.29, 0.717) is 5.88 Å². The van der Waals surface area contributed by atoms with Gasteiger partial charge in [0.25, 0.3) is 0 Å². The average Bonchev–Trinajstić information content (AvgIpc) is 2.36. The van der Waals surface area contributed by atoms with Crippen LogP contribution in [0.25, 0.3) is 0 Å². The molecule has 0 bridgehead atoms. The van der Waals surface area contributed by atoms with Gasteiger partial charge in [-0.1, -0.05) is 36.4 Å². The Morgan fingerprint density at radius 2 is 1.89 bits per heavy atom. The Balaban J connectivity index is 0. The van der Waals surface area contributed by atoms with E-state index < -0.39 is 5.97 Å². The number of hydrogen-bond acceptors (Lipinski definition) is 3. The number of benzene rings is 1. The first-order valence-corrected chi connectivity index (χ1v) is 6.22. The predicted octanol–water partition coefficient (Wildman–Crippen LogP) is 2.05. The summed E-state index contributed by atoms with van der Waals surface area (Å²) < 4.78 is 0. The standard InChI is InChI=1S/C7H7Cl.C7H13NO2.H3N/c8-6-7-4-2-1-3-5-7;1-8(2)6-4-3-5-7(9)10;/h1-5H,6H2;3,5H,4,6H2,1-2H3,(H,9,10);1H3. The van der Waals surface area contributed by atoms with Crippen molar-refractivity contribution in [2.45, 2.75) is 12.3 Å². The third-order valence-corrected chi connectivity index (χ3v) is 2.30. The Bertz CT molecular complexity index is 354. The Kier molecular flexibility index (Phi) is 13.7. The molecular weight excluding hydrogens is 264 g/mol. The van der Waals surface area contributed by atoms with E-state index >= 15 is 0 Å². The molecule has 0 unspecified atom stereocenters. The zero-order chi connectivity index (χ0) is 13.8. The molecule has 4 nitrogen and oxygen atoms in total. The third kappa shape index (κ3) is 14.6. The summed E-state index contributed by atoms with van der Waals surface area (Å²) in [7, 11) is 3.87. The van der Waals surface area contributed by atoms with E-state index in [1.165, 1.54) is 5.56 Å². The van der Waals surface area contributed by atoms with Crippen LogP contribution in [0, 0.1) is 0 Å². The van der Waals surface area contributed by atoms with Crippen molar-refractivity contribution in [2.24, 2.45) is 0 Å². The Labute approximate surface area is 120 Å². The molecule has 1 aromatic carbocycles. The average molecular weight is 287 g/mol. The molecule has 5 heteroatoms. The van der Waals surface area contributed by atoms with Crippen LogP contribution in [-0.2, 0) is 10.7 Å². The lowest BCUT2D eigenvalue weighted by atomic mass is 10.2. The predicted molar refractivity (Wildman–Crippen MR) is 79.3 cm³/mol. The smallest absolute Gasteiger partial charge is 0.0639 e. The minimum atomic E-state index is -1.13. The van der Waals surface area contributed by atoms with Crippen LogP contribution in [0.3, 0.4) is 0 Å². The lowest BCUT2D eigenvalue weighted by Crippen LogP contribution is -2.19. The summed E-state index contributed by atoms with van der Waals surface area (Å²) in [4.78, 5) is 11.8. The van der Waals surface area contributed by atoms with E-state index in [2.05, 4.69) is 0 Å². The molecule has 19 heavy (non-hydrogen) atoms. The minimum absolute atomic E-state index is 0. The molecule has 4 N–H and O–H groups in total. The van der Waals surface area contributed by atoms with E-state index in [1.807, 2.05) is 49.3 Å². The topological polar surface area (TPSA) is 79.9 Å². The molecular formula is C14H23ClN2O2. The summed E-state index contributed by atoms with van der Waals surface area (Å²) in [5, 5.41) is 9.83. The highest BCUT2D eigenvalue weighted by molar-refractivity contribution is 6.17. The van der Waals surface area contributed by atoms with Gasteiger partial charge in [0.05, 0.1) is 5.97 Å². The number of carbonyl (C=O) groups is 1. The first kappa shape index (κ1) is 20.0. The fourth-order valence-corrected chi connectivity index (χ4v) is 1.26. The second-order valence-corrected chi connectivity index (χ2v) is 4.20. The van der Waals surface area contributed by atoms with Crippen molar-refractivity contribution in [3.63, 3.8) is 0 Å². The van der Waals surface area contributed by atoms with Crippen LogP contribution in [0.2, 0.25) is 0 Å². The molecule has 0 saturated carbocycles. The van der Waals surface area contributed by atoms with E-state index in [4.69, 9.17) is 11.6 Å².